The van der Waals surface area contributed by atoms with Gasteiger partial charge in [-0.3, -0.25) is 5.41 Å². The monoisotopic (exact) mass is 283 g/mol. The molecule has 2 rings (SSSR count). The van der Waals surface area contributed by atoms with Crippen molar-refractivity contribution in [1.82, 2.24) is 0 Å². The maximum absolute atomic E-state index is 9.22. The number of benzene rings is 1. The predicted octanol–water partition coefficient (Wildman–Crippen LogP) is 1.21. The highest BCUT2D eigenvalue weighted by atomic mass is 35.5. The lowest BCUT2D eigenvalue weighted by Crippen LogP contribution is -2.48. The largest absolute Gasteiger partial charge is 0.394 e. The van der Waals surface area contributed by atoms with Gasteiger partial charge in [-0.1, -0.05) is 11.6 Å². The molecule has 2 atom stereocenters. The first-order chi connectivity index (χ1) is 9.01. The van der Waals surface area contributed by atoms with Crippen molar-refractivity contribution < 1.29 is 9.84 Å². The Morgan fingerprint density at radius 3 is 2.89 bits per heavy atom. The molecule has 2 unspecified atom stereocenters. The molecule has 0 aromatic heterocycles. The van der Waals surface area contributed by atoms with Gasteiger partial charge in [0.2, 0.25) is 0 Å². The molecular weight excluding hydrogens is 266 g/mol. The number of aliphatic hydroxyl groups is 1. The fraction of sp³-hybridized carbons (Fsp3) is 0.462. The smallest absolute Gasteiger partial charge is 0.124 e. The standard InChI is InChI=1S/C13H18ClN3O2/c1-8-5-17(6-10(7-18)19-8)9-2-3-11(13(15)16)12(14)4-9/h2-4,8,10,18H,5-7H2,1H3,(H3,15,16). The molecule has 1 fully saturated rings. The molecule has 5 nitrogen and oxygen atoms in total. The van der Waals surface area contributed by atoms with Gasteiger partial charge in [0.05, 0.1) is 23.8 Å². The van der Waals surface area contributed by atoms with E-state index in [9.17, 15) is 5.11 Å². The van der Waals surface area contributed by atoms with Crippen LogP contribution in [0.4, 0.5) is 5.69 Å². The van der Waals surface area contributed by atoms with Crippen molar-refractivity contribution in [2.75, 3.05) is 24.6 Å². The third-order valence-corrected chi connectivity index (χ3v) is 3.45. The van der Waals surface area contributed by atoms with Gasteiger partial charge in [-0.25, -0.2) is 0 Å². The molecular formula is C13H18ClN3O2. The van der Waals surface area contributed by atoms with Gasteiger partial charge in [-0.05, 0) is 25.1 Å². The molecule has 19 heavy (non-hydrogen) atoms. The number of nitrogens with one attached hydrogen (secondary N) is 1. The molecule has 1 aromatic rings. The summed E-state index contributed by atoms with van der Waals surface area (Å²) in [6.07, 6.45) is -0.132. The van der Waals surface area contributed by atoms with Crippen molar-refractivity contribution in [3.8, 4) is 0 Å². The second-order valence-corrected chi connectivity index (χ2v) is 5.14. The lowest BCUT2D eigenvalue weighted by Gasteiger charge is -2.37. The van der Waals surface area contributed by atoms with E-state index in [2.05, 4.69) is 4.90 Å². The molecule has 6 heteroatoms. The van der Waals surface area contributed by atoms with E-state index >= 15 is 0 Å². The van der Waals surface area contributed by atoms with Gasteiger partial charge < -0.3 is 20.5 Å². The number of nitrogen functional groups attached to an aromatic ring is 1. The Kier molecular flexibility index (Phi) is 4.29. The van der Waals surface area contributed by atoms with Crippen molar-refractivity contribution in [1.29, 1.82) is 5.41 Å². The number of anilines is 1. The minimum atomic E-state index is -0.185. The summed E-state index contributed by atoms with van der Waals surface area (Å²) in [6, 6.07) is 5.42. The van der Waals surface area contributed by atoms with Crippen LogP contribution in [-0.4, -0.2) is 42.8 Å². The lowest BCUT2D eigenvalue weighted by atomic mass is 10.1. The number of nitrogens with two attached hydrogens (primary N) is 1. The number of morpholine rings is 1. The Labute approximate surface area is 117 Å². The lowest BCUT2D eigenvalue weighted by molar-refractivity contribution is -0.0421. The topological polar surface area (TPSA) is 82.6 Å². The summed E-state index contributed by atoms with van der Waals surface area (Å²) in [5.74, 6) is -0.0415. The van der Waals surface area contributed by atoms with Crippen molar-refractivity contribution >= 4 is 23.1 Å². The molecule has 4 N–H and O–H groups in total. The van der Waals surface area contributed by atoms with Crippen molar-refractivity contribution in [3.05, 3.63) is 28.8 Å². The molecule has 1 heterocycles. The zero-order chi connectivity index (χ0) is 14.0. The molecule has 0 saturated carbocycles. The fourth-order valence-corrected chi connectivity index (χ4v) is 2.55. The van der Waals surface area contributed by atoms with Crippen LogP contribution in [0.15, 0.2) is 18.2 Å². The van der Waals surface area contributed by atoms with Crippen LogP contribution in [0.25, 0.3) is 0 Å². The molecule has 0 amide bonds. The zero-order valence-corrected chi connectivity index (χ0v) is 11.5. The Bertz CT molecular complexity index is 481. The number of hydrogen-bond donors (Lipinski definition) is 3. The number of amidine groups is 1. The summed E-state index contributed by atoms with van der Waals surface area (Å²) in [6.45, 7) is 3.34. The Morgan fingerprint density at radius 1 is 1.58 bits per heavy atom. The molecule has 0 spiro atoms. The first kappa shape index (κ1) is 14.1. The molecule has 1 aliphatic rings. The minimum absolute atomic E-state index is 0.000101. The van der Waals surface area contributed by atoms with Crippen LogP contribution in [0, 0.1) is 5.41 Å². The van der Waals surface area contributed by atoms with Gasteiger partial charge in [-0.2, -0.15) is 0 Å². The van der Waals surface area contributed by atoms with Crippen LogP contribution in [0.3, 0.4) is 0 Å². The zero-order valence-electron chi connectivity index (χ0n) is 10.8. The van der Waals surface area contributed by atoms with Crippen LogP contribution in [0.2, 0.25) is 5.02 Å². The van der Waals surface area contributed by atoms with E-state index < -0.39 is 0 Å². The maximum Gasteiger partial charge on any atom is 0.124 e. The van der Waals surface area contributed by atoms with E-state index in [1.807, 2.05) is 13.0 Å². The summed E-state index contributed by atoms with van der Waals surface area (Å²) in [7, 11) is 0. The SMILES string of the molecule is CC1CN(c2ccc(C(=N)N)c(Cl)c2)CC(CO)O1. The first-order valence-electron chi connectivity index (χ1n) is 6.16. The highest BCUT2D eigenvalue weighted by Gasteiger charge is 2.25. The van der Waals surface area contributed by atoms with E-state index in [0.717, 1.165) is 12.2 Å². The van der Waals surface area contributed by atoms with Gasteiger partial charge in [0.15, 0.2) is 0 Å². The van der Waals surface area contributed by atoms with E-state index in [1.165, 1.54) is 0 Å². The maximum atomic E-state index is 9.22. The summed E-state index contributed by atoms with van der Waals surface area (Å²) in [5.41, 5.74) is 6.92. The molecule has 1 aliphatic heterocycles. The van der Waals surface area contributed by atoms with E-state index in [1.54, 1.807) is 12.1 Å². The van der Waals surface area contributed by atoms with Gasteiger partial charge in [0, 0.05) is 24.3 Å². The number of halogens is 1. The van der Waals surface area contributed by atoms with E-state index in [4.69, 9.17) is 27.5 Å². The molecule has 1 aromatic carbocycles. The highest BCUT2D eigenvalue weighted by Crippen LogP contribution is 2.26. The Hall–Kier alpha value is -1.30. The number of rotatable bonds is 3. The van der Waals surface area contributed by atoms with Crippen molar-refractivity contribution in [2.45, 2.75) is 19.1 Å². The normalized spacial score (nSPS) is 23.4. The third kappa shape index (κ3) is 3.18. The molecule has 0 bridgehead atoms. The molecule has 1 saturated heterocycles. The van der Waals surface area contributed by atoms with Crippen LogP contribution >= 0.6 is 11.6 Å². The molecule has 0 aliphatic carbocycles. The van der Waals surface area contributed by atoms with E-state index in [-0.39, 0.29) is 24.7 Å². The van der Waals surface area contributed by atoms with Gasteiger partial charge in [-0.15, -0.1) is 0 Å². The summed E-state index contributed by atoms with van der Waals surface area (Å²) in [4.78, 5) is 2.12. The average Bonchev–Trinajstić information content (AvgIpc) is 2.37. The summed E-state index contributed by atoms with van der Waals surface area (Å²) < 4.78 is 5.60. The second-order valence-electron chi connectivity index (χ2n) is 4.73. The first-order valence-corrected chi connectivity index (χ1v) is 6.54. The van der Waals surface area contributed by atoms with E-state index in [0.29, 0.717) is 17.1 Å². The van der Waals surface area contributed by atoms with Crippen molar-refractivity contribution in [2.24, 2.45) is 5.73 Å². The van der Waals surface area contributed by atoms with Crippen LogP contribution in [-0.2, 0) is 4.74 Å². The van der Waals surface area contributed by atoms with Crippen LogP contribution in [0.5, 0.6) is 0 Å². The number of nitrogens with zero attached hydrogens (tertiary/aromatic N) is 1. The predicted molar refractivity (Wildman–Crippen MR) is 76.1 cm³/mol. The minimum Gasteiger partial charge on any atom is -0.394 e. The molecule has 0 radical (unpaired) electrons. The number of ether oxygens (including phenoxy) is 1. The van der Waals surface area contributed by atoms with Crippen LogP contribution in [0.1, 0.15) is 12.5 Å². The van der Waals surface area contributed by atoms with Crippen LogP contribution < -0.4 is 10.6 Å². The summed E-state index contributed by atoms with van der Waals surface area (Å²) in [5, 5.41) is 17.1. The summed E-state index contributed by atoms with van der Waals surface area (Å²) >= 11 is 6.12. The second kappa shape index (κ2) is 5.77. The van der Waals surface area contributed by atoms with Gasteiger partial charge >= 0.3 is 0 Å². The average molecular weight is 284 g/mol. The van der Waals surface area contributed by atoms with Gasteiger partial charge in [0.25, 0.3) is 0 Å². The molecule has 104 valence electrons. The Morgan fingerprint density at radius 2 is 2.32 bits per heavy atom. The van der Waals surface area contributed by atoms with Gasteiger partial charge in [0.1, 0.15) is 5.84 Å². The fourth-order valence-electron chi connectivity index (χ4n) is 2.28. The number of aliphatic hydroxyl groups excluding tert-OH is 1. The highest BCUT2D eigenvalue weighted by molar-refractivity contribution is 6.34. The Balaban J connectivity index is 2.21. The van der Waals surface area contributed by atoms with Crippen molar-refractivity contribution in [3.63, 3.8) is 0 Å². The third-order valence-electron chi connectivity index (χ3n) is 3.14. The quantitative estimate of drug-likeness (QED) is 0.575. The number of hydrogen-bond acceptors (Lipinski definition) is 4.